The van der Waals surface area contributed by atoms with Crippen molar-refractivity contribution in [3.05, 3.63) is 65.7 Å². The van der Waals surface area contributed by atoms with Gasteiger partial charge in [-0.25, -0.2) is 13.7 Å². The van der Waals surface area contributed by atoms with E-state index < -0.39 is 35.5 Å². The maximum absolute atomic E-state index is 13.1. The van der Waals surface area contributed by atoms with Gasteiger partial charge < -0.3 is 4.84 Å². The Morgan fingerprint density at radius 3 is 2.08 bits per heavy atom. The highest BCUT2D eigenvalue weighted by Gasteiger charge is 2.56. The first-order chi connectivity index (χ1) is 11.6. The average Bonchev–Trinajstić information content (AvgIpc) is 3.11. The summed E-state index contributed by atoms with van der Waals surface area (Å²) in [6, 6.07) is 10.5. The summed E-state index contributed by atoms with van der Waals surface area (Å²) in [4.78, 5) is 31.3. The quantitative estimate of drug-likeness (QED) is 0.795. The fourth-order valence-electron chi connectivity index (χ4n) is 2.88. The predicted molar refractivity (Wildman–Crippen MR) is 80.2 cm³/mol. The van der Waals surface area contributed by atoms with Crippen LogP contribution in [0.3, 0.4) is 0 Å². The molecule has 0 bridgehead atoms. The van der Waals surface area contributed by atoms with Gasteiger partial charge >= 0.3 is 0 Å². The minimum Gasteiger partial charge on any atom is -0.381 e. The number of amides is 2. The Morgan fingerprint density at radius 1 is 0.875 bits per heavy atom. The maximum Gasteiger partial charge on any atom is 0.278 e. The van der Waals surface area contributed by atoms with Crippen LogP contribution in [0.15, 0.2) is 53.7 Å². The Hall–Kier alpha value is -3.09. The van der Waals surface area contributed by atoms with Crippen molar-refractivity contribution >= 4 is 23.2 Å². The van der Waals surface area contributed by atoms with Gasteiger partial charge in [-0.1, -0.05) is 17.3 Å². The van der Waals surface area contributed by atoms with Crippen LogP contribution in [0.4, 0.5) is 14.5 Å². The van der Waals surface area contributed by atoms with Crippen LogP contribution in [0.5, 0.6) is 0 Å². The lowest BCUT2D eigenvalue weighted by molar-refractivity contribution is -0.126. The first kappa shape index (κ1) is 14.5. The Balaban J connectivity index is 1.69. The normalized spacial score (nSPS) is 22.4. The van der Waals surface area contributed by atoms with Crippen molar-refractivity contribution in [2.45, 2.75) is 6.10 Å². The molecule has 0 saturated carbocycles. The molecule has 2 unspecified atom stereocenters. The van der Waals surface area contributed by atoms with Crippen molar-refractivity contribution in [1.82, 2.24) is 0 Å². The Morgan fingerprint density at radius 2 is 1.46 bits per heavy atom. The number of fused-ring (bicyclic) bond motifs is 1. The third-order valence-corrected chi connectivity index (χ3v) is 4.04. The molecule has 1 fully saturated rings. The second-order valence-corrected chi connectivity index (χ2v) is 5.48. The molecule has 7 heteroatoms. The molecule has 120 valence electrons. The van der Waals surface area contributed by atoms with Crippen LogP contribution < -0.4 is 4.90 Å². The SMILES string of the molecule is O=C1C2ON=C(c3ccc(F)cc3)C2C(=O)N1c1ccc(F)cc1. The molecule has 2 aliphatic rings. The molecule has 0 aromatic heterocycles. The standard InChI is InChI=1S/C17H10F2N2O3/c18-10-3-1-9(2-4-10)14-13-15(24-20-14)17(23)21(16(13)22)12-7-5-11(19)6-8-12/h1-8,13,15H. The summed E-state index contributed by atoms with van der Waals surface area (Å²) in [5.74, 6) is -2.85. The van der Waals surface area contributed by atoms with Gasteiger partial charge in [-0.3, -0.25) is 9.59 Å². The van der Waals surface area contributed by atoms with Crippen molar-refractivity contribution in [2.75, 3.05) is 4.90 Å². The number of benzene rings is 2. The average molecular weight is 328 g/mol. The van der Waals surface area contributed by atoms with Crippen molar-refractivity contribution in [2.24, 2.45) is 11.1 Å². The van der Waals surface area contributed by atoms with Crippen molar-refractivity contribution in [3.63, 3.8) is 0 Å². The molecule has 0 spiro atoms. The molecule has 2 heterocycles. The first-order valence-corrected chi connectivity index (χ1v) is 7.19. The smallest absolute Gasteiger partial charge is 0.278 e. The van der Waals surface area contributed by atoms with E-state index in [0.717, 1.165) is 4.90 Å². The highest BCUT2D eigenvalue weighted by atomic mass is 19.1. The van der Waals surface area contributed by atoms with Gasteiger partial charge in [0.05, 0.1) is 5.69 Å². The number of halogens is 2. The summed E-state index contributed by atoms with van der Waals surface area (Å²) < 4.78 is 26.1. The molecular formula is C17H10F2N2O3. The second-order valence-electron chi connectivity index (χ2n) is 5.48. The van der Waals surface area contributed by atoms with Gasteiger partial charge in [0.2, 0.25) is 12.0 Å². The summed E-state index contributed by atoms with van der Waals surface area (Å²) >= 11 is 0. The van der Waals surface area contributed by atoms with E-state index >= 15 is 0 Å². The van der Waals surface area contributed by atoms with Crippen LogP contribution in [-0.4, -0.2) is 23.6 Å². The molecule has 0 aliphatic carbocycles. The molecule has 2 aliphatic heterocycles. The summed E-state index contributed by atoms with van der Waals surface area (Å²) in [6.45, 7) is 0. The fraction of sp³-hybridized carbons (Fsp3) is 0.118. The molecule has 0 N–H and O–H groups in total. The minimum atomic E-state index is -1.05. The number of hydrogen-bond acceptors (Lipinski definition) is 4. The number of carbonyl (C=O) groups is 2. The lowest BCUT2D eigenvalue weighted by Gasteiger charge is -2.15. The predicted octanol–water partition coefficient (Wildman–Crippen LogP) is 2.26. The van der Waals surface area contributed by atoms with Gasteiger partial charge in [0.15, 0.2) is 0 Å². The topological polar surface area (TPSA) is 59.0 Å². The van der Waals surface area contributed by atoms with Crippen molar-refractivity contribution < 1.29 is 23.2 Å². The van der Waals surface area contributed by atoms with E-state index in [4.69, 9.17) is 4.84 Å². The van der Waals surface area contributed by atoms with Gasteiger partial charge in [-0.15, -0.1) is 0 Å². The van der Waals surface area contributed by atoms with E-state index in [0.29, 0.717) is 5.56 Å². The zero-order valence-electron chi connectivity index (χ0n) is 12.1. The molecule has 0 radical (unpaired) electrons. The van der Waals surface area contributed by atoms with E-state index in [1.165, 1.54) is 48.5 Å². The fourth-order valence-corrected chi connectivity index (χ4v) is 2.88. The molecule has 4 rings (SSSR count). The number of anilines is 1. The highest BCUT2D eigenvalue weighted by Crippen LogP contribution is 2.35. The third kappa shape index (κ3) is 2.09. The molecule has 24 heavy (non-hydrogen) atoms. The van der Waals surface area contributed by atoms with Crippen molar-refractivity contribution in [1.29, 1.82) is 0 Å². The Bertz CT molecular complexity index is 862. The van der Waals surface area contributed by atoms with Crippen molar-refractivity contribution in [3.8, 4) is 0 Å². The minimum absolute atomic E-state index is 0.267. The number of oxime groups is 1. The molecule has 5 nitrogen and oxygen atoms in total. The van der Waals surface area contributed by atoms with Crippen LogP contribution >= 0.6 is 0 Å². The summed E-state index contributed by atoms with van der Waals surface area (Å²) in [7, 11) is 0. The van der Waals surface area contributed by atoms with Crippen LogP contribution in [0.25, 0.3) is 0 Å². The third-order valence-electron chi connectivity index (χ3n) is 4.04. The van der Waals surface area contributed by atoms with Gasteiger partial charge in [0.1, 0.15) is 23.3 Å². The first-order valence-electron chi connectivity index (χ1n) is 7.19. The van der Waals surface area contributed by atoms with E-state index in [1.54, 1.807) is 0 Å². The van der Waals surface area contributed by atoms with Gasteiger partial charge in [-0.2, -0.15) is 0 Å². The molecule has 1 saturated heterocycles. The van der Waals surface area contributed by atoms with Crippen LogP contribution in [0.2, 0.25) is 0 Å². The van der Waals surface area contributed by atoms with E-state index in [1.807, 2.05) is 0 Å². The lowest BCUT2D eigenvalue weighted by Crippen LogP contribution is -2.33. The van der Waals surface area contributed by atoms with Crippen LogP contribution in [0, 0.1) is 17.6 Å². The summed E-state index contributed by atoms with van der Waals surface area (Å²) in [5, 5.41) is 3.83. The van der Waals surface area contributed by atoms with E-state index in [9.17, 15) is 18.4 Å². The lowest BCUT2D eigenvalue weighted by atomic mass is 9.94. The number of rotatable bonds is 2. The molecular weight excluding hydrogens is 318 g/mol. The number of imide groups is 1. The number of nitrogens with zero attached hydrogens (tertiary/aromatic N) is 2. The van der Waals surface area contributed by atoms with Crippen LogP contribution in [0.1, 0.15) is 5.56 Å². The summed E-state index contributed by atoms with van der Waals surface area (Å²) in [6.07, 6.45) is -1.05. The largest absolute Gasteiger partial charge is 0.381 e. The highest BCUT2D eigenvalue weighted by molar-refractivity contribution is 6.32. The Labute approximate surface area is 135 Å². The number of carbonyl (C=O) groups excluding carboxylic acids is 2. The molecule has 2 amide bonds. The van der Waals surface area contributed by atoms with Gasteiger partial charge in [0.25, 0.3) is 5.91 Å². The molecule has 2 aromatic carbocycles. The molecule has 2 atom stereocenters. The van der Waals surface area contributed by atoms with E-state index in [-0.39, 0.29) is 11.4 Å². The number of hydrogen-bond donors (Lipinski definition) is 0. The Kier molecular flexibility index (Phi) is 3.16. The van der Waals surface area contributed by atoms with Gasteiger partial charge in [-0.05, 0) is 36.4 Å². The second kappa shape index (κ2) is 5.23. The summed E-state index contributed by atoms with van der Waals surface area (Å²) in [5.41, 5.74) is 1.05. The molecule has 2 aromatic rings. The van der Waals surface area contributed by atoms with Gasteiger partial charge in [0, 0.05) is 5.56 Å². The van der Waals surface area contributed by atoms with Crippen LogP contribution in [-0.2, 0) is 14.4 Å². The maximum atomic E-state index is 13.1. The zero-order valence-corrected chi connectivity index (χ0v) is 12.1. The monoisotopic (exact) mass is 328 g/mol. The zero-order chi connectivity index (χ0) is 16.8. The van der Waals surface area contributed by atoms with E-state index in [2.05, 4.69) is 5.16 Å².